The first kappa shape index (κ1) is 14.9. The highest BCUT2D eigenvalue weighted by Crippen LogP contribution is 2.24. The van der Waals surface area contributed by atoms with Gasteiger partial charge in [-0.2, -0.15) is 0 Å². The molecule has 6 nitrogen and oxygen atoms in total. The SMILES string of the molecule is CC(C)OCC(=O)NC1(CC(=O)O)CCOCC1. The highest BCUT2D eigenvalue weighted by molar-refractivity contribution is 5.79. The van der Waals surface area contributed by atoms with Gasteiger partial charge in [-0.25, -0.2) is 0 Å². The van der Waals surface area contributed by atoms with Crippen molar-refractivity contribution in [1.82, 2.24) is 5.32 Å². The maximum absolute atomic E-state index is 11.7. The van der Waals surface area contributed by atoms with Crippen molar-refractivity contribution >= 4 is 11.9 Å². The van der Waals surface area contributed by atoms with Crippen LogP contribution in [0.25, 0.3) is 0 Å². The molecule has 0 bridgehead atoms. The Labute approximate surface area is 107 Å². The first-order valence-electron chi connectivity index (χ1n) is 6.16. The van der Waals surface area contributed by atoms with Crippen molar-refractivity contribution < 1.29 is 24.2 Å². The number of amides is 1. The van der Waals surface area contributed by atoms with Crippen LogP contribution in [0.2, 0.25) is 0 Å². The van der Waals surface area contributed by atoms with Crippen molar-refractivity contribution in [2.45, 2.75) is 44.8 Å². The van der Waals surface area contributed by atoms with Gasteiger partial charge < -0.3 is 19.9 Å². The molecule has 0 saturated carbocycles. The molecular weight excluding hydrogens is 238 g/mol. The molecule has 1 aliphatic heterocycles. The van der Waals surface area contributed by atoms with Crippen molar-refractivity contribution in [3.8, 4) is 0 Å². The van der Waals surface area contributed by atoms with E-state index in [1.54, 1.807) is 0 Å². The zero-order chi connectivity index (χ0) is 13.6. The number of hydrogen-bond acceptors (Lipinski definition) is 4. The Morgan fingerprint density at radius 2 is 2.00 bits per heavy atom. The largest absolute Gasteiger partial charge is 0.481 e. The summed E-state index contributed by atoms with van der Waals surface area (Å²) >= 11 is 0. The van der Waals surface area contributed by atoms with E-state index in [4.69, 9.17) is 14.6 Å². The number of carboxylic acid groups (broad SMARTS) is 1. The van der Waals surface area contributed by atoms with E-state index >= 15 is 0 Å². The summed E-state index contributed by atoms with van der Waals surface area (Å²) in [5.74, 6) is -1.19. The van der Waals surface area contributed by atoms with E-state index in [1.165, 1.54) is 0 Å². The topological polar surface area (TPSA) is 84.9 Å². The van der Waals surface area contributed by atoms with Crippen LogP contribution in [0, 0.1) is 0 Å². The Hall–Kier alpha value is -1.14. The van der Waals surface area contributed by atoms with Crippen LogP contribution < -0.4 is 5.32 Å². The fourth-order valence-electron chi connectivity index (χ4n) is 1.97. The maximum Gasteiger partial charge on any atom is 0.305 e. The molecule has 2 N–H and O–H groups in total. The van der Waals surface area contributed by atoms with Gasteiger partial charge >= 0.3 is 5.97 Å². The van der Waals surface area contributed by atoms with Crippen LogP contribution in [0.5, 0.6) is 0 Å². The zero-order valence-electron chi connectivity index (χ0n) is 10.9. The molecule has 6 heteroatoms. The lowest BCUT2D eigenvalue weighted by Gasteiger charge is -2.36. The third kappa shape index (κ3) is 5.01. The smallest absolute Gasteiger partial charge is 0.305 e. The van der Waals surface area contributed by atoms with E-state index in [0.29, 0.717) is 26.1 Å². The second-order valence-corrected chi connectivity index (χ2v) is 4.87. The lowest BCUT2D eigenvalue weighted by molar-refractivity contribution is -0.141. The summed E-state index contributed by atoms with van der Waals surface area (Å²) in [5, 5.41) is 11.7. The Morgan fingerprint density at radius 1 is 1.39 bits per heavy atom. The summed E-state index contributed by atoms with van der Waals surface area (Å²) in [7, 11) is 0. The fourth-order valence-corrected chi connectivity index (χ4v) is 1.97. The lowest BCUT2D eigenvalue weighted by atomic mass is 9.86. The number of ether oxygens (including phenoxy) is 2. The molecule has 1 saturated heterocycles. The minimum absolute atomic E-state index is 0.0270. The van der Waals surface area contributed by atoms with E-state index < -0.39 is 11.5 Å². The lowest BCUT2D eigenvalue weighted by Crippen LogP contribution is -2.54. The predicted molar refractivity (Wildman–Crippen MR) is 64.3 cm³/mol. The molecule has 0 aromatic rings. The molecule has 0 aromatic heterocycles. The van der Waals surface area contributed by atoms with Crippen molar-refractivity contribution in [1.29, 1.82) is 0 Å². The van der Waals surface area contributed by atoms with Crippen LogP contribution in [0.15, 0.2) is 0 Å². The second kappa shape index (κ2) is 6.70. The summed E-state index contributed by atoms with van der Waals surface area (Å²) < 4.78 is 10.4. The quantitative estimate of drug-likeness (QED) is 0.727. The van der Waals surface area contributed by atoms with Gasteiger partial charge in [-0.3, -0.25) is 9.59 Å². The molecule has 104 valence electrons. The van der Waals surface area contributed by atoms with Gasteiger partial charge in [-0.15, -0.1) is 0 Å². The molecule has 0 aliphatic carbocycles. The van der Waals surface area contributed by atoms with E-state index in [9.17, 15) is 9.59 Å². The third-order valence-electron chi connectivity index (χ3n) is 2.89. The standard InChI is InChI=1S/C12H21NO5/c1-9(2)18-8-10(14)13-12(7-11(15)16)3-5-17-6-4-12/h9H,3-8H2,1-2H3,(H,13,14)(H,15,16). The highest BCUT2D eigenvalue weighted by atomic mass is 16.5. The zero-order valence-corrected chi connectivity index (χ0v) is 10.9. The minimum atomic E-state index is -0.915. The normalized spacial score (nSPS) is 18.6. The number of carbonyl (C=O) groups excluding carboxylic acids is 1. The molecule has 1 heterocycles. The molecule has 1 amide bonds. The van der Waals surface area contributed by atoms with E-state index in [-0.39, 0.29) is 25.0 Å². The number of nitrogens with one attached hydrogen (secondary N) is 1. The van der Waals surface area contributed by atoms with Crippen molar-refractivity contribution in [2.24, 2.45) is 0 Å². The van der Waals surface area contributed by atoms with E-state index in [2.05, 4.69) is 5.32 Å². The van der Waals surface area contributed by atoms with Gasteiger partial charge in [-0.1, -0.05) is 0 Å². The first-order valence-corrected chi connectivity index (χ1v) is 6.16. The molecule has 1 fully saturated rings. The average Bonchev–Trinajstić information content (AvgIpc) is 2.26. The Bertz CT molecular complexity index is 297. The molecule has 0 atom stereocenters. The summed E-state index contributed by atoms with van der Waals surface area (Å²) in [5.41, 5.74) is -0.693. The predicted octanol–water partition coefficient (Wildman–Crippen LogP) is 0.551. The summed E-state index contributed by atoms with van der Waals surface area (Å²) in [4.78, 5) is 22.6. The molecule has 0 radical (unpaired) electrons. The van der Waals surface area contributed by atoms with Crippen LogP contribution in [0.1, 0.15) is 33.1 Å². The number of aliphatic carboxylic acids is 1. The highest BCUT2D eigenvalue weighted by Gasteiger charge is 2.36. The van der Waals surface area contributed by atoms with Crippen LogP contribution in [0.3, 0.4) is 0 Å². The van der Waals surface area contributed by atoms with Crippen molar-refractivity contribution in [2.75, 3.05) is 19.8 Å². The van der Waals surface area contributed by atoms with Gasteiger partial charge in [0.1, 0.15) is 6.61 Å². The number of rotatable bonds is 6. The second-order valence-electron chi connectivity index (χ2n) is 4.87. The van der Waals surface area contributed by atoms with E-state index in [1.807, 2.05) is 13.8 Å². The molecule has 0 unspecified atom stereocenters. The Morgan fingerprint density at radius 3 is 2.50 bits per heavy atom. The molecule has 0 aromatic carbocycles. The average molecular weight is 259 g/mol. The summed E-state index contributed by atoms with van der Waals surface area (Å²) in [6, 6.07) is 0. The fraction of sp³-hybridized carbons (Fsp3) is 0.833. The van der Waals surface area contributed by atoms with Crippen LogP contribution in [-0.2, 0) is 19.1 Å². The molecule has 1 rings (SSSR count). The minimum Gasteiger partial charge on any atom is -0.481 e. The molecular formula is C12H21NO5. The number of carboxylic acids is 1. The van der Waals surface area contributed by atoms with Gasteiger partial charge in [-0.05, 0) is 26.7 Å². The Kier molecular flexibility index (Phi) is 5.55. The van der Waals surface area contributed by atoms with Crippen LogP contribution in [0.4, 0.5) is 0 Å². The monoisotopic (exact) mass is 259 g/mol. The van der Waals surface area contributed by atoms with Gasteiger partial charge in [0.15, 0.2) is 0 Å². The van der Waals surface area contributed by atoms with Crippen LogP contribution in [-0.4, -0.2) is 48.4 Å². The maximum atomic E-state index is 11.7. The number of carbonyl (C=O) groups is 2. The van der Waals surface area contributed by atoms with Gasteiger partial charge in [0, 0.05) is 13.2 Å². The van der Waals surface area contributed by atoms with Crippen LogP contribution >= 0.6 is 0 Å². The molecule has 18 heavy (non-hydrogen) atoms. The van der Waals surface area contributed by atoms with Gasteiger partial charge in [0.25, 0.3) is 0 Å². The summed E-state index contributed by atoms with van der Waals surface area (Å²) in [6.07, 6.45) is 0.935. The van der Waals surface area contributed by atoms with Gasteiger partial charge in [0.2, 0.25) is 5.91 Å². The first-order chi connectivity index (χ1) is 8.43. The van der Waals surface area contributed by atoms with Crippen molar-refractivity contribution in [3.05, 3.63) is 0 Å². The molecule has 1 aliphatic rings. The third-order valence-corrected chi connectivity index (χ3v) is 2.89. The Balaban J connectivity index is 2.55. The van der Waals surface area contributed by atoms with E-state index in [0.717, 1.165) is 0 Å². The van der Waals surface area contributed by atoms with Gasteiger partial charge in [0.05, 0.1) is 18.1 Å². The van der Waals surface area contributed by atoms with Crippen molar-refractivity contribution in [3.63, 3.8) is 0 Å². The number of hydrogen-bond donors (Lipinski definition) is 2. The molecule has 0 spiro atoms. The summed E-state index contributed by atoms with van der Waals surface area (Å²) in [6.45, 7) is 4.58.